The second-order valence-electron chi connectivity index (χ2n) is 4.29. The monoisotopic (exact) mass is 236 g/mol. The predicted octanol–water partition coefficient (Wildman–Crippen LogP) is 1.60. The van der Waals surface area contributed by atoms with Crippen LogP contribution in [0.3, 0.4) is 0 Å². The van der Waals surface area contributed by atoms with E-state index < -0.39 is 0 Å². The molecule has 0 radical (unpaired) electrons. The van der Waals surface area contributed by atoms with E-state index in [-0.39, 0.29) is 0 Å². The van der Waals surface area contributed by atoms with Crippen molar-refractivity contribution in [2.45, 2.75) is 38.7 Å². The number of ether oxygens (including phenoxy) is 1. The molecule has 0 spiro atoms. The highest BCUT2D eigenvalue weighted by molar-refractivity contribution is 5.54. The van der Waals surface area contributed by atoms with E-state index in [1.807, 2.05) is 0 Å². The van der Waals surface area contributed by atoms with E-state index in [1.165, 1.54) is 19.2 Å². The molecule has 1 atom stereocenters. The maximum atomic E-state index is 5.81. The molecule has 5 nitrogen and oxygen atoms in total. The van der Waals surface area contributed by atoms with Gasteiger partial charge in [0.25, 0.3) is 0 Å². The molecule has 94 valence electrons. The molecule has 0 aliphatic carbocycles. The lowest BCUT2D eigenvalue weighted by Gasteiger charge is -2.13. The van der Waals surface area contributed by atoms with Gasteiger partial charge in [-0.1, -0.05) is 6.92 Å². The van der Waals surface area contributed by atoms with Crippen LogP contribution in [0, 0.1) is 0 Å². The molecule has 1 aromatic rings. The second-order valence-corrected chi connectivity index (χ2v) is 4.29. The number of nitrogen functional groups attached to an aromatic ring is 1. The number of hydrogen-bond acceptors (Lipinski definition) is 5. The van der Waals surface area contributed by atoms with Gasteiger partial charge in [0.1, 0.15) is 18.0 Å². The number of rotatable bonds is 5. The van der Waals surface area contributed by atoms with Gasteiger partial charge in [-0.05, 0) is 25.7 Å². The third-order valence-electron chi connectivity index (χ3n) is 3.11. The summed E-state index contributed by atoms with van der Waals surface area (Å²) >= 11 is 0. The summed E-state index contributed by atoms with van der Waals surface area (Å²) in [4.78, 5) is 8.23. The van der Waals surface area contributed by atoms with Crippen molar-refractivity contribution in [1.82, 2.24) is 9.97 Å². The van der Waals surface area contributed by atoms with Gasteiger partial charge in [-0.2, -0.15) is 0 Å². The minimum atomic E-state index is 0.409. The average molecular weight is 236 g/mol. The van der Waals surface area contributed by atoms with Crippen LogP contribution in [0.5, 0.6) is 0 Å². The molecule has 1 saturated heterocycles. The van der Waals surface area contributed by atoms with Crippen LogP contribution in [-0.4, -0.2) is 29.2 Å². The lowest BCUT2D eigenvalue weighted by atomic mass is 10.2. The van der Waals surface area contributed by atoms with Crippen LogP contribution in [-0.2, 0) is 11.2 Å². The fourth-order valence-electron chi connectivity index (χ4n) is 2.15. The number of nitrogens with one attached hydrogen (secondary N) is 1. The van der Waals surface area contributed by atoms with Crippen LogP contribution in [0.25, 0.3) is 0 Å². The van der Waals surface area contributed by atoms with E-state index in [2.05, 4.69) is 22.2 Å². The first-order chi connectivity index (χ1) is 8.31. The van der Waals surface area contributed by atoms with Gasteiger partial charge in [0.15, 0.2) is 0 Å². The molecule has 1 unspecified atom stereocenters. The third kappa shape index (κ3) is 3.06. The van der Waals surface area contributed by atoms with Gasteiger partial charge < -0.3 is 15.8 Å². The molecule has 0 aromatic carbocycles. The van der Waals surface area contributed by atoms with Gasteiger partial charge in [0, 0.05) is 18.7 Å². The zero-order chi connectivity index (χ0) is 12.1. The summed E-state index contributed by atoms with van der Waals surface area (Å²) in [5, 5.41) is 3.32. The molecule has 1 aliphatic rings. The zero-order valence-corrected chi connectivity index (χ0v) is 10.3. The van der Waals surface area contributed by atoms with E-state index in [4.69, 9.17) is 10.5 Å². The number of nitrogens with two attached hydrogens (primary N) is 1. The fourth-order valence-corrected chi connectivity index (χ4v) is 2.15. The Morgan fingerprint density at radius 3 is 3.12 bits per heavy atom. The molecule has 1 fully saturated rings. The molecule has 0 amide bonds. The molecule has 0 bridgehead atoms. The van der Waals surface area contributed by atoms with Crippen molar-refractivity contribution in [3.63, 3.8) is 0 Å². The molecule has 2 rings (SSSR count). The normalized spacial score (nSPS) is 19.5. The first-order valence-corrected chi connectivity index (χ1v) is 6.26. The van der Waals surface area contributed by atoms with Gasteiger partial charge in [-0.15, -0.1) is 0 Å². The summed E-state index contributed by atoms with van der Waals surface area (Å²) < 4.78 is 5.57. The third-order valence-corrected chi connectivity index (χ3v) is 3.11. The molecule has 0 saturated carbocycles. The van der Waals surface area contributed by atoms with E-state index in [0.717, 1.165) is 37.4 Å². The summed E-state index contributed by atoms with van der Waals surface area (Å²) in [5.41, 5.74) is 6.81. The molecule has 1 aromatic heterocycles. The number of anilines is 2. The van der Waals surface area contributed by atoms with Crippen LogP contribution in [0.2, 0.25) is 0 Å². The maximum Gasteiger partial charge on any atom is 0.134 e. The summed E-state index contributed by atoms with van der Waals surface area (Å²) in [6.45, 7) is 3.83. The summed E-state index contributed by atoms with van der Waals surface area (Å²) in [6.07, 6.45) is 6.14. The quantitative estimate of drug-likeness (QED) is 0.812. The van der Waals surface area contributed by atoms with Gasteiger partial charge in [0.05, 0.1) is 6.10 Å². The second kappa shape index (κ2) is 5.82. The zero-order valence-electron chi connectivity index (χ0n) is 10.3. The minimum Gasteiger partial charge on any atom is -0.383 e. The molecule has 3 N–H and O–H groups in total. The molecule has 17 heavy (non-hydrogen) atoms. The van der Waals surface area contributed by atoms with E-state index in [0.29, 0.717) is 11.9 Å². The van der Waals surface area contributed by atoms with Gasteiger partial charge in [-0.3, -0.25) is 0 Å². The molecular weight excluding hydrogens is 216 g/mol. The van der Waals surface area contributed by atoms with Crippen molar-refractivity contribution in [3.8, 4) is 0 Å². The molecular formula is C12H20N4O. The Morgan fingerprint density at radius 2 is 2.41 bits per heavy atom. The average Bonchev–Trinajstić information content (AvgIpc) is 2.82. The lowest BCUT2D eigenvalue weighted by molar-refractivity contribution is 0.107. The number of hydrogen-bond donors (Lipinski definition) is 2. The highest BCUT2D eigenvalue weighted by atomic mass is 16.5. The van der Waals surface area contributed by atoms with Gasteiger partial charge in [-0.25, -0.2) is 9.97 Å². The van der Waals surface area contributed by atoms with E-state index >= 15 is 0 Å². The molecule has 5 heteroatoms. The van der Waals surface area contributed by atoms with Crippen LogP contribution >= 0.6 is 0 Å². The van der Waals surface area contributed by atoms with Gasteiger partial charge in [0.2, 0.25) is 0 Å². The van der Waals surface area contributed by atoms with Crippen molar-refractivity contribution < 1.29 is 4.74 Å². The topological polar surface area (TPSA) is 73.1 Å². The van der Waals surface area contributed by atoms with Crippen LogP contribution in [0.4, 0.5) is 11.6 Å². The summed E-state index contributed by atoms with van der Waals surface area (Å²) in [7, 11) is 0. The van der Waals surface area contributed by atoms with Crippen molar-refractivity contribution >= 4 is 11.6 Å². The Bertz CT molecular complexity index is 364. The van der Waals surface area contributed by atoms with Crippen molar-refractivity contribution in [2.24, 2.45) is 0 Å². The SMILES string of the molecule is CCc1c(N)ncnc1NCCC1CCCO1. The largest absolute Gasteiger partial charge is 0.383 e. The first-order valence-electron chi connectivity index (χ1n) is 6.26. The summed E-state index contributed by atoms with van der Waals surface area (Å²) in [6, 6.07) is 0. The Labute approximate surface area is 102 Å². The number of aromatic nitrogens is 2. The van der Waals surface area contributed by atoms with Crippen molar-refractivity contribution in [3.05, 3.63) is 11.9 Å². The van der Waals surface area contributed by atoms with Gasteiger partial charge >= 0.3 is 0 Å². The van der Waals surface area contributed by atoms with E-state index in [1.54, 1.807) is 0 Å². The van der Waals surface area contributed by atoms with Crippen LogP contribution in [0.1, 0.15) is 31.7 Å². The Balaban J connectivity index is 1.87. The standard InChI is InChI=1S/C12H20N4O/c1-2-10-11(13)15-8-16-12(10)14-6-5-9-4-3-7-17-9/h8-9H,2-7H2,1H3,(H3,13,14,15,16). The fraction of sp³-hybridized carbons (Fsp3) is 0.667. The number of nitrogens with zero attached hydrogens (tertiary/aromatic N) is 2. The molecule has 2 heterocycles. The van der Waals surface area contributed by atoms with Crippen LogP contribution in [0.15, 0.2) is 6.33 Å². The Morgan fingerprint density at radius 1 is 1.53 bits per heavy atom. The highest BCUT2D eigenvalue weighted by Crippen LogP contribution is 2.19. The Kier molecular flexibility index (Phi) is 4.14. The van der Waals surface area contributed by atoms with E-state index in [9.17, 15) is 0 Å². The predicted molar refractivity (Wildman–Crippen MR) is 67.9 cm³/mol. The van der Waals surface area contributed by atoms with Crippen molar-refractivity contribution in [2.75, 3.05) is 24.2 Å². The summed E-state index contributed by atoms with van der Waals surface area (Å²) in [5.74, 6) is 1.43. The lowest BCUT2D eigenvalue weighted by Crippen LogP contribution is -2.14. The Hall–Kier alpha value is -1.36. The molecule has 1 aliphatic heterocycles. The minimum absolute atomic E-state index is 0.409. The first kappa shape index (κ1) is 12.1. The van der Waals surface area contributed by atoms with Crippen LogP contribution < -0.4 is 11.1 Å². The maximum absolute atomic E-state index is 5.81. The highest BCUT2D eigenvalue weighted by Gasteiger charge is 2.15. The van der Waals surface area contributed by atoms with Crippen molar-refractivity contribution in [1.29, 1.82) is 0 Å². The smallest absolute Gasteiger partial charge is 0.134 e.